The van der Waals surface area contributed by atoms with Crippen LogP contribution in [0.3, 0.4) is 0 Å². The van der Waals surface area contributed by atoms with Crippen molar-refractivity contribution in [3.05, 3.63) is 10.9 Å². The smallest absolute Gasteiger partial charge is 0.227 e. The molecule has 0 saturated heterocycles. The Morgan fingerprint density at radius 2 is 2.50 bits per heavy atom. The minimum atomic E-state index is 0.267. The van der Waals surface area contributed by atoms with E-state index in [1.807, 2.05) is 13.0 Å². The molecular weight excluding hydrogens is 150 g/mol. The standard InChI is InChI=1S/C6H9NO2S/c1-5-3-6(7-10-5)9-4-8-2/h3H,4H2,1-2H3. The lowest BCUT2D eigenvalue weighted by Gasteiger charge is -1.97. The van der Waals surface area contributed by atoms with Gasteiger partial charge in [0.2, 0.25) is 5.88 Å². The minimum absolute atomic E-state index is 0.267. The number of ether oxygens (including phenoxy) is 2. The number of rotatable bonds is 3. The van der Waals surface area contributed by atoms with Gasteiger partial charge in [0.1, 0.15) is 0 Å². The highest BCUT2D eigenvalue weighted by molar-refractivity contribution is 7.05. The van der Waals surface area contributed by atoms with Crippen molar-refractivity contribution in [3.8, 4) is 5.88 Å². The van der Waals surface area contributed by atoms with Gasteiger partial charge in [-0.2, -0.15) is 4.37 Å². The van der Waals surface area contributed by atoms with Crippen molar-refractivity contribution in [1.29, 1.82) is 0 Å². The van der Waals surface area contributed by atoms with Gasteiger partial charge in [-0.3, -0.25) is 0 Å². The molecule has 3 nitrogen and oxygen atoms in total. The maximum absolute atomic E-state index is 5.05. The van der Waals surface area contributed by atoms with Gasteiger partial charge >= 0.3 is 0 Å². The summed E-state index contributed by atoms with van der Waals surface area (Å²) in [5.41, 5.74) is 0. The van der Waals surface area contributed by atoms with E-state index in [2.05, 4.69) is 4.37 Å². The summed E-state index contributed by atoms with van der Waals surface area (Å²) in [5.74, 6) is 0.643. The molecule has 1 aromatic heterocycles. The fraction of sp³-hybridized carbons (Fsp3) is 0.500. The van der Waals surface area contributed by atoms with Crippen LogP contribution < -0.4 is 4.74 Å². The van der Waals surface area contributed by atoms with Gasteiger partial charge in [-0.25, -0.2) is 0 Å². The van der Waals surface area contributed by atoms with Crippen LogP contribution in [0.1, 0.15) is 4.88 Å². The van der Waals surface area contributed by atoms with Crippen molar-refractivity contribution in [2.24, 2.45) is 0 Å². The summed E-state index contributed by atoms with van der Waals surface area (Å²) in [6, 6.07) is 1.88. The van der Waals surface area contributed by atoms with E-state index in [0.29, 0.717) is 5.88 Å². The molecule has 0 bridgehead atoms. The summed E-state index contributed by atoms with van der Waals surface area (Å²) >= 11 is 1.42. The molecule has 0 atom stereocenters. The van der Waals surface area contributed by atoms with Crippen LogP contribution >= 0.6 is 11.5 Å². The molecule has 0 radical (unpaired) electrons. The van der Waals surface area contributed by atoms with Gasteiger partial charge in [0, 0.05) is 18.1 Å². The lowest BCUT2D eigenvalue weighted by atomic mass is 10.5. The lowest BCUT2D eigenvalue weighted by molar-refractivity contribution is 0.0485. The van der Waals surface area contributed by atoms with E-state index < -0.39 is 0 Å². The molecule has 0 amide bonds. The van der Waals surface area contributed by atoms with Crippen LogP contribution in [0.15, 0.2) is 6.07 Å². The Morgan fingerprint density at radius 3 is 3.00 bits per heavy atom. The third-order valence-corrected chi connectivity index (χ3v) is 1.61. The molecule has 1 rings (SSSR count). The number of nitrogens with zero attached hydrogens (tertiary/aromatic N) is 1. The molecule has 0 aliphatic heterocycles. The monoisotopic (exact) mass is 159 g/mol. The Kier molecular flexibility index (Phi) is 2.65. The molecule has 4 heteroatoms. The largest absolute Gasteiger partial charge is 0.450 e. The van der Waals surface area contributed by atoms with Crippen molar-refractivity contribution in [1.82, 2.24) is 4.37 Å². The van der Waals surface area contributed by atoms with E-state index >= 15 is 0 Å². The van der Waals surface area contributed by atoms with Crippen LogP contribution in [0.5, 0.6) is 5.88 Å². The SMILES string of the molecule is COCOc1cc(C)sn1. The Balaban J connectivity index is 2.42. The van der Waals surface area contributed by atoms with Gasteiger partial charge in [0.15, 0.2) is 6.79 Å². The second-order valence-electron chi connectivity index (χ2n) is 1.83. The van der Waals surface area contributed by atoms with E-state index in [9.17, 15) is 0 Å². The predicted molar refractivity (Wildman–Crippen MR) is 39.4 cm³/mol. The topological polar surface area (TPSA) is 31.4 Å². The molecule has 1 aromatic rings. The molecule has 0 N–H and O–H groups in total. The molecule has 10 heavy (non-hydrogen) atoms. The van der Waals surface area contributed by atoms with E-state index in [0.717, 1.165) is 4.88 Å². The summed E-state index contributed by atoms with van der Waals surface area (Å²) in [6.07, 6.45) is 0. The summed E-state index contributed by atoms with van der Waals surface area (Å²) in [7, 11) is 1.58. The highest BCUT2D eigenvalue weighted by Crippen LogP contribution is 2.14. The number of aryl methyl sites for hydroxylation is 1. The molecule has 56 valence electrons. The lowest BCUT2D eigenvalue weighted by Crippen LogP contribution is -1.98. The summed E-state index contributed by atoms with van der Waals surface area (Å²) in [4.78, 5) is 1.14. The van der Waals surface area contributed by atoms with Crippen LogP contribution in [-0.4, -0.2) is 18.3 Å². The Morgan fingerprint density at radius 1 is 1.70 bits per heavy atom. The van der Waals surface area contributed by atoms with Crippen LogP contribution in [-0.2, 0) is 4.74 Å². The number of aromatic nitrogens is 1. The molecule has 0 spiro atoms. The first-order valence-corrected chi connectivity index (χ1v) is 3.65. The van der Waals surface area contributed by atoms with Gasteiger partial charge in [-0.05, 0) is 18.5 Å². The Labute approximate surface area is 63.8 Å². The third-order valence-electron chi connectivity index (χ3n) is 0.931. The molecule has 0 aliphatic rings. The van der Waals surface area contributed by atoms with Crippen LogP contribution in [0, 0.1) is 6.92 Å². The molecule has 0 saturated carbocycles. The normalized spacial score (nSPS) is 9.80. The second kappa shape index (κ2) is 3.53. The fourth-order valence-corrected chi connectivity index (χ4v) is 1.02. The highest BCUT2D eigenvalue weighted by Gasteiger charge is 1.96. The van der Waals surface area contributed by atoms with Crippen molar-refractivity contribution in [3.63, 3.8) is 0 Å². The summed E-state index contributed by atoms with van der Waals surface area (Å²) < 4.78 is 13.7. The minimum Gasteiger partial charge on any atom is -0.450 e. The average Bonchev–Trinajstić information content (AvgIpc) is 2.31. The van der Waals surface area contributed by atoms with E-state index in [1.54, 1.807) is 7.11 Å². The number of methoxy groups -OCH3 is 1. The Hall–Kier alpha value is -0.610. The van der Waals surface area contributed by atoms with Gasteiger partial charge in [-0.1, -0.05) is 0 Å². The first-order chi connectivity index (χ1) is 4.83. The van der Waals surface area contributed by atoms with Gasteiger partial charge in [0.25, 0.3) is 0 Å². The van der Waals surface area contributed by atoms with Crippen LogP contribution in [0.2, 0.25) is 0 Å². The molecule has 0 fully saturated rings. The molecule has 0 aromatic carbocycles. The van der Waals surface area contributed by atoms with Crippen LogP contribution in [0.25, 0.3) is 0 Å². The fourth-order valence-electron chi connectivity index (χ4n) is 0.531. The summed E-state index contributed by atoms with van der Waals surface area (Å²) in [6.45, 7) is 2.25. The maximum Gasteiger partial charge on any atom is 0.227 e. The van der Waals surface area contributed by atoms with Crippen LogP contribution in [0.4, 0.5) is 0 Å². The van der Waals surface area contributed by atoms with E-state index in [4.69, 9.17) is 9.47 Å². The zero-order chi connectivity index (χ0) is 7.40. The van der Waals surface area contributed by atoms with Crippen molar-refractivity contribution < 1.29 is 9.47 Å². The predicted octanol–water partition coefficient (Wildman–Crippen LogP) is 1.43. The van der Waals surface area contributed by atoms with E-state index in [1.165, 1.54) is 11.5 Å². The van der Waals surface area contributed by atoms with Gasteiger partial charge < -0.3 is 9.47 Å². The number of hydrogen-bond donors (Lipinski definition) is 0. The number of hydrogen-bond acceptors (Lipinski definition) is 4. The van der Waals surface area contributed by atoms with Gasteiger partial charge in [-0.15, -0.1) is 0 Å². The van der Waals surface area contributed by atoms with E-state index in [-0.39, 0.29) is 6.79 Å². The quantitative estimate of drug-likeness (QED) is 0.625. The second-order valence-corrected chi connectivity index (χ2v) is 2.84. The van der Waals surface area contributed by atoms with Crippen molar-refractivity contribution in [2.75, 3.05) is 13.9 Å². The first-order valence-electron chi connectivity index (χ1n) is 2.88. The highest BCUT2D eigenvalue weighted by atomic mass is 32.1. The average molecular weight is 159 g/mol. The Bertz CT molecular complexity index is 199. The first kappa shape index (κ1) is 7.50. The van der Waals surface area contributed by atoms with Gasteiger partial charge in [0.05, 0.1) is 0 Å². The molecule has 0 aliphatic carbocycles. The zero-order valence-electron chi connectivity index (χ0n) is 5.96. The van der Waals surface area contributed by atoms with Crippen molar-refractivity contribution >= 4 is 11.5 Å². The third kappa shape index (κ3) is 1.97. The molecule has 1 heterocycles. The maximum atomic E-state index is 5.05. The summed E-state index contributed by atoms with van der Waals surface area (Å²) in [5, 5.41) is 0. The molecule has 0 unspecified atom stereocenters. The zero-order valence-corrected chi connectivity index (χ0v) is 6.77. The molecular formula is C6H9NO2S. The van der Waals surface area contributed by atoms with Crippen molar-refractivity contribution in [2.45, 2.75) is 6.92 Å².